The van der Waals surface area contributed by atoms with E-state index in [9.17, 15) is 9.70 Å². The molecule has 0 aliphatic heterocycles. The molecule has 0 radical (unpaired) electrons. The molecule has 0 aliphatic carbocycles. The molecule has 4 N–H and O–H groups in total. The molecule has 9 nitrogen and oxygen atoms in total. The van der Waals surface area contributed by atoms with E-state index in [1.54, 1.807) is 36.5 Å². The molecule has 0 unspecified atom stereocenters. The van der Waals surface area contributed by atoms with Gasteiger partial charge in [0.1, 0.15) is 5.69 Å². The maximum Gasteiger partial charge on any atom is 0.243 e. The number of carbonyl (C=O) groups is 1. The van der Waals surface area contributed by atoms with Crippen molar-refractivity contribution < 1.29 is 4.79 Å². The summed E-state index contributed by atoms with van der Waals surface area (Å²) in [4.78, 5) is 36.5. The quantitative estimate of drug-likeness (QED) is 0.517. The van der Waals surface area contributed by atoms with E-state index >= 15 is 0 Å². The van der Waals surface area contributed by atoms with Crippen LogP contribution in [0, 0.1) is 11.8 Å². The second-order valence-corrected chi connectivity index (χ2v) is 6.97. The van der Waals surface area contributed by atoms with Crippen LogP contribution in [0.2, 0.25) is 0 Å². The molecule has 10 heteroatoms. The first-order valence-electron chi connectivity index (χ1n) is 8.58. The van der Waals surface area contributed by atoms with Crippen LogP contribution in [0.15, 0.2) is 41.7 Å². The minimum absolute atomic E-state index is 0.267. The van der Waals surface area contributed by atoms with Crippen molar-refractivity contribution in [3.63, 3.8) is 0 Å². The highest BCUT2D eigenvalue weighted by atomic mass is 32.1. The van der Waals surface area contributed by atoms with E-state index in [1.165, 1.54) is 11.3 Å². The molecule has 144 valence electrons. The first-order valence-corrected chi connectivity index (χ1v) is 9.39. The van der Waals surface area contributed by atoms with E-state index in [0.717, 1.165) is 10.6 Å². The molecule has 1 atom stereocenters. The van der Waals surface area contributed by atoms with Crippen LogP contribution in [0.3, 0.4) is 0 Å². The van der Waals surface area contributed by atoms with Crippen LogP contribution in [0.4, 0.5) is 22.5 Å². The summed E-state index contributed by atoms with van der Waals surface area (Å²) in [5.74, 6) is 0.100. The largest absolute Gasteiger partial charge is 0.324 e. The molecule has 3 rings (SSSR count). The molecule has 0 saturated carbocycles. The van der Waals surface area contributed by atoms with Gasteiger partial charge in [-0.2, -0.15) is 0 Å². The molecular weight excluding hydrogens is 378 g/mol. The third-order valence-electron chi connectivity index (χ3n) is 3.90. The van der Waals surface area contributed by atoms with Gasteiger partial charge in [-0.25, -0.2) is 15.0 Å². The number of thiazole rings is 1. The number of hydrogen-bond donors (Lipinski definition) is 3. The van der Waals surface area contributed by atoms with E-state index in [4.69, 9.17) is 5.73 Å². The number of nitrogens with one attached hydrogen (secondary N) is 2. The zero-order valence-corrected chi connectivity index (χ0v) is 16.2. The highest BCUT2D eigenvalue weighted by molar-refractivity contribution is 7.19. The van der Waals surface area contributed by atoms with Crippen LogP contribution in [-0.2, 0) is 4.79 Å². The fourth-order valence-electron chi connectivity index (χ4n) is 2.39. The second kappa shape index (κ2) is 8.63. The maximum atomic E-state index is 12.0. The Kier molecular flexibility index (Phi) is 6.02. The Labute approximate surface area is 165 Å². The maximum absolute atomic E-state index is 12.0. The number of nitrogens with two attached hydrogens (primary N) is 1. The molecule has 0 aliphatic rings. The van der Waals surface area contributed by atoms with Gasteiger partial charge >= 0.3 is 0 Å². The van der Waals surface area contributed by atoms with Crippen LogP contribution in [0.5, 0.6) is 0 Å². The SMILES string of the molecule is CC[C@@H](N)C(=O)Nc1nc(C)c(-c2ccnc(Nc3cccc(N=O)c3)n2)s1. The average molecular weight is 397 g/mol. The predicted molar refractivity (Wildman–Crippen MR) is 110 cm³/mol. The van der Waals surface area contributed by atoms with E-state index < -0.39 is 6.04 Å². The molecule has 1 aromatic carbocycles. The summed E-state index contributed by atoms with van der Waals surface area (Å²) < 4.78 is 0. The molecule has 2 aromatic heterocycles. The van der Waals surface area contributed by atoms with E-state index in [0.29, 0.717) is 34.6 Å². The number of hydrogen-bond acceptors (Lipinski definition) is 9. The molecule has 1 amide bonds. The van der Waals surface area contributed by atoms with Crippen molar-refractivity contribution in [2.45, 2.75) is 26.3 Å². The second-order valence-electron chi connectivity index (χ2n) is 5.97. The van der Waals surface area contributed by atoms with Gasteiger partial charge in [0.2, 0.25) is 11.9 Å². The number of rotatable bonds is 7. The van der Waals surface area contributed by atoms with Crippen LogP contribution in [-0.4, -0.2) is 26.9 Å². The molecule has 0 fully saturated rings. The lowest BCUT2D eigenvalue weighted by Crippen LogP contribution is -2.34. The number of anilines is 3. The summed E-state index contributed by atoms with van der Waals surface area (Å²) in [6.07, 6.45) is 2.17. The molecule has 2 heterocycles. The van der Waals surface area contributed by atoms with E-state index in [-0.39, 0.29) is 5.91 Å². The van der Waals surface area contributed by atoms with E-state index in [2.05, 4.69) is 30.8 Å². The zero-order valence-electron chi connectivity index (χ0n) is 15.3. The Balaban J connectivity index is 1.82. The summed E-state index contributed by atoms with van der Waals surface area (Å²) >= 11 is 1.32. The Bertz CT molecular complexity index is 1010. The Hall–Kier alpha value is -3.24. The van der Waals surface area contributed by atoms with Gasteiger partial charge in [-0.3, -0.25) is 4.79 Å². The zero-order chi connectivity index (χ0) is 20.1. The van der Waals surface area contributed by atoms with Crippen molar-refractivity contribution in [1.82, 2.24) is 15.0 Å². The first kappa shape index (κ1) is 19.5. The van der Waals surface area contributed by atoms with E-state index in [1.807, 2.05) is 13.8 Å². The minimum Gasteiger partial charge on any atom is -0.324 e. The summed E-state index contributed by atoms with van der Waals surface area (Å²) in [6.45, 7) is 3.69. The van der Waals surface area contributed by atoms with Crippen molar-refractivity contribution in [1.29, 1.82) is 0 Å². The number of nitroso groups, excluding NO2 is 1. The van der Waals surface area contributed by atoms with Crippen LogP contribution >= 0.6 is 11.3 Å². The van der Waals surface area contributed by atoms with Crippen LogP contribution in [0.1, 0.15) is 19.0 Å². The fraction of sp³-hybridized carbons (Fsp3) is 0.222. The van der Waals surface area contributed by atoms with Crippen molar-refractivity contribution in [3.05, 3.63) is 47.1 Å². The van der Waals surface area contributed by atoms with Gasteiger partial charge in [-0.1, -0.05) is 24.3 Å². The smallest absolute Gasteiger partial charge is 0.243 e. The van der Waals surface area contributed by atoms with Crippen molar-refractivity contribution in [2.24, 2.45) is 10.9 Å². The number of benzene rings is 1. The van der Waals surface area contributed by atoms with Crippen LogP contribution < -0.4 is 16.4 Å². The first-order chi connectivity index (χ1) is 13.5. The highest BCUT2D eigenvalue weighted by Crippen LogP contribution is 2.32. The predicted octanol–water partition coefficient (Wildman–Crippen LogP) is 3.73. The van der Waals surface area contributed by atoms with Gasteiger partial charge in [0.15, 0.2) is 5.13 Å². The summed E-state index contributed by atoms with van der Waals surface area (Å²) in [6, 6.07) is 7.90. The lowest BCUT2D eigenvalue weighted by atomic mass is 10.2. The number of aryl methyl sites for hydroxylation is 1. The van der Waals surface area contributed by atoms with Crippen molar-refractivity contribution >= 4 is 39.7 Å². The van der Waals surface area contributed by atoms with Gasteiger partial charge in [-0.05, 0) is 42.8 Å². The molecular formula is C18H19N7O2S. The molecule has 0 saturated heterocycles. The van der Waals surface area contributed by atoms with Gasteiger partial charge in [0.25, 0.3) is 0 Å². The fourth-order valence-corrected chi connectivity index (χ4v) is 3.33. The van der Waals surface area contributed by atoms with Gasteiger partial charge < -0.3 is 16.4 Å². The van der Waals surface area contributed by atoms with Gasteiger partial charge in [0, 0.05) is 11.9 Å². The molecule has 0 spiro atoms. The normalized spacial score (nSPS) is 11.7. The standard InChI is InChI=1S/C18H19N7O2S/c1-3-13(19)16(26)24-18-21-10(2)15(28-18)14-7-8-20-17(23-14)22-11-5-4-6-12(9-11)25-27/h4-9,13H,3,19H2,1-2H3,(H,20,22,23)(H,21,24,26)/t13-/m1/s1. The number of carbonyl (C=O) groups excluding carboxylic acids is 1. The molecule has 28 heavy (non-hydrogen) atoms. The third-order valence-corrected chi connectivity index (χ3v) is 4.99. The minimum atomic E-state index is -0.570. The summed E-state index contributed by atoms with van der Waals surface area (Å²) in [5.41, 5.74) is 8.11. The van der Waals surface area contributed by atoms with Crippen LogP contribution in [0.25, 0.3) is 10.6 Å². The number of aromatic nitrogens is 3. The monoisotopic (exact) mass is 397 g/mol. The topological polar surface area (TPSA) is 135 Å². The Morgan fingerprint density at radius 2 is 2.14 bits per heavy atom. The highest BCUT2D eigenvalue weighted by Gasteiger charge is 2.16. The third kappa shape index (κ3) is 4.53. The van der Waals surface area contributed by atoms with Crippen molar-refractivity contribution in [3.8, 4) is 10.6 Å². The Morgan fingerprint density at radius 1 is 1.32 bits per heavy atom. The Morgan fingerprint density at radius 3 is 2.89 bits per heavy atom. The molecule has 0 bridgehead atoms. The van der Waals surface area contributed by atoms with Gasteiger partial charge in [0.05, 0.1) is 22.3 Å². The number of amides is 1. The van der Waals surface area contributed by atoms with Crippen molar-refractivity contribution in [2.75, 3.05) is 10.6 Å². The summed E-state index contributed by atoms with van der Waals surface area (Å²) in [7, 11) is 0. The number of nitrogens with zero attached hydrogens (tertiary/aromatic N) is 4. The lowest BCUT2D eigenvalue weighted by Gasteiger charge is -2.07. The van der Waals surface area contributed by atoms with Gasteiger partial charge in [-0.15, -0.1) is 4.91 Å². The summed E-state index contributed by atoms with van der Waals surface area (Å²) in [5, 5.41) is 9.17. The average Bonchev–Trinajstić information content (AvgIpc) is 3.07. The lowest BCUT2D eigenvalue weighted by molar-refractivity contribution is -0.117. The molecule has 3 aromatic rings.